The van der Waals surface area contributed by atoms with E-state index in [9.17, 15) is 14.8 Å². The Labute approximate surface area is 102 Å². The predicted molar refractivity (Wildman–Crippen MR) is 64.2 cm³/mol. The van der Waals surface area contributed by atoms with E-state index < -0.39 is 13.1 Å². The molecule has 2 heterocycles. The maximum absolute atomic E-state index is 11.9. The van der Waals surface area contributed by atoms with E-state index >= 15 is 0 Å². The fraction of sp³-hybridized carbons (Fsp3) is 0.900. The molecule has 2 saturated heterocycles. The first kappa shape index (κ1) is 12.8. The maximum atomic E-state index is 11.9. The van der Waals surface area contributed by atoms with Crippen LogP contribution in [0.15, 0.2) is 0 Å². The van der Waals surface area contributed by atoms with Crippen molar-refractivity contribution in [3.63, 3.8) is 0 Å². The molecule has 0 bridgehead atoms. The molecule has 0 aromatic rings. The van der Waals surface area contributed by atoms with Crippen LogP contribution in [0.1, 0.15) is 19.3 Å². The van der Waals surface area contributed by atoms with Crippen molar-refractivity contribution in [3.05, 3.63) is 0 Å². The smallest absolute Gasteiger partial charge is 0.426 e. The lowest BCUT2D eigenvalue weighted by atomic mass is 9.78. The number of rotatable bonds is 4. The predicted octanol–water partition coefficient (Wildman–Crippen LogP) is -2.06. The average molecular weight is 241 g/mol. The molecule has 2 rings (SSSR count). The second kappa shape index (κ2) is 5.81. The monoisotopic (exact) mass is 241 g/mol. The zero-order valence-electron chi connectivity index (χ0n) is 9.93. The third kappa shape index (κ3) is 3.19. The normalized spacial score (nSPS) is 28.7. The molecule has 0 aromatic heterocycles. The van der Waals surface area contributed by atoms with Gasteiger partial charge in [-0.05, 0) is 25.8 Å². The van der Waals surface area contributed by atoms with E-state index in [1.807, 2.05) is 0 Å². The third-order valence-electron chi connectivity index (χ3n) is 3.57. The largest absolute Gasteiger partial charge is 0.475 e. The lowest BCUT2D eigenvalue weighted by Gasteiger charge is -2.24. The third-order valence-corrected chi connectivity index (χ3v) is 3.57. The SMILES string of the molecule is O=C(CNC1CCNC1)N1CCC[C@H]1B(O)O. The van der Waals surface area contributed by atoms with Gasteiger partial charge in [-0.2, -0.15) is 0 Å². The summed E-state index contributed by atoms with van der Waals surface area (Å²) in [5, 5.41) is 24.8. The van der Waals surface area contributed by atoms with Crippen molar-refractivity contribution in [3.8, 4) is 0 Å². The molecule has 0 spiro atoms. The summed E-state index contributed by atoms with van der Waals surface area (Å²) in [6, 6.07) is 0.360. The van der Waals surface area contributed by atoms with Crippen molar-refractivity contribution in [1.82, 2.24) is 15.5 Å². The summed E-state index contributed by atoms with van der Waals surface area (Å²) in [6.45, 7) is 2.81. The van der Waals surface area contributed by atoms with Crippen LogP contribution >= 0.6 is 0 Å². The zero-order chi connectivity index (χ0) is 12.3. The zero-order valence-corrected chi connectivity index (χ0v) is 9.93. The second-order valence-electron chi connectivity index (χ2n) is 4.78. The summed E-state index contributed by atoms with van der Waals surface area (Å²) in [5.41, 5.74) is 0. The van der Waals surface area contributed by atoms with Crippen LogP contribution in [0.2, 0.25) is 0 Å². The van der Waals surface area contributed by atoms with Gasteiger partial charge in [-0.15, -0.1) is 0 Å². The topological polar surface area (TPSA) is 84.8 Å². The van der Waals surface area contributed by atoms with E-state index in [1.54, 1.807) is 4.90 Å². The number of carbonyl (C=O) groups excluding carboxylic acids is 1. The molecule has 2 aliphatic heterocycles. The van der Waals surface area contributed by atoms with E-state index in [2.05, 4.69) is 10.6 Å². The fourth-order valence-electron chi connectivity index (χ4n) is 2.57. The van der Waals surface area contributed by atoms with Crippen LogP contribution in [-0.4, -0.2) is 66.1 Å². The van der Waals surface area contributed by atoms with Crippen molar-refractivity contribution < 1.29 is 14.8 Å². The fourth-order valence-corrected chi connectivity index (χ4v) is 2.57. The molecular formula is C10H20BN3O3. The summed E-state index contributed by atoms with van der Waals surface area (Å²) in [4.78, 5) is 13.5. The Bertz CT molecular complexity index is 272. The van der Waals surface area contributed by atoms with E-state index in [1.165, 1.54) is 0 Å². The van der Waals surface area contributed by atoms with Crippen molar-refractivity contribution in [1.29, 1.82) is 0 Å². The minimum absolute atomic E-state index is 0.0347. The van der Waals surface area contributed by atoms with Crippen LogP contribution in [0.3, 0.4) is 0 Å². The first-order valence-electron chi connectivity index (χ1n) is 6.28. The second-order valence-corrected chi connectivity index (χ2v) is 4.78. The van der Waals surface area contributed by atoms with E-state index in [-0.39, 0.29) is 12.5 Å². The van der Waals surface area contributed by atoms with Crippen LogP contribution < -0.4 is 10.6 Å². The average Bonchev–Trinajstić information content (AvgIpc) is 2.96. The molecule has 1 unspecified atom stereocenters. The van der Waals surface area contributed by atoms with Gasteiger partial charge in [-0.25, -0.2) is 0 Å². The van der Waals surface area contributed by atoms with Crippen molar-refractivity contribution >= 4 is 13.0 Å². The Morgan fingerprint density at radius 1 is 1.47 bits per heavy atom. The molecule has 1 amide bonds. The highest BCUT2D eigenvalue weighted by Gasteiger charge is 2.36. The van der Waals surface area contributed by atoms with E-state index in [0.29, 0.717) is 19.0 Å². The summed E-state index contributed by atoms with van der Waals surface area (Å²) < 4.78 is 0. The molecule has 6 nitrogen and oxygen atoms in total. The highest BCUT2D eigenvalue weighted by Crippen LogP contribution is 2.17. The summed E-state index contributed by atoms with van der Waals surface area (Å²) in [5.74, 6) is -0.460. The number of hydrogen-bond acceptors (Lipinski definition) is 5. The van der Waals surface area contributed by atoms with Crippen LogP contribution in [0.25, 0.3) is 0 Å². The van der Waals surface area contributed by atoms with Gasteiger partial charge in [0.25, 0.3) is 0 Å². The first-order chi connectivity index (χ1) is 8.18. The van der Waals surface area contributed by atoms with Gasteiger partial charge in [-0.3, -0.25) is 4.79 Å². The summed E-state index contributed by atoms with van der Waals surface area (Å²) >= 11 is 0. The summed E-state index contributed by atoms with van der Waals surface area (Å²) in [6.07, 6.45) is 2.56. The molecule has 2 fully saturated rings. The highest BCUT2D eigenvalue weighted by atomic mass is 16.4. The minimum Gasteiger partial charge on any atom is -0.426 e. The molecule has 0 saturated carbocycles. The molecule has 0 aliphatic carbocycles. The molecule has 2 aliphatic rings. The molecular weight excluding hydrogens is 221 g/mol. The first-order valence-corrected chi connectivity index (χ1v) is 6.28. The van der Waals surface area contributed by atoms with Crippen molar-refractivity contribution in [2.75, 3.05) is 26.2 Å². The van der Waals surface area contributed by atoms with Gasteiger partial charge < -0.3 is 25.6 Å². The van der Waals surface area contributed by atoms with Crippen LogP contribution in [0.4, 0.5) is 0 Å². The minimum atomic E-state index is -1.42. The molecule has 17 heavy (non-hydrogen) atoms. The Kier molecular flexibility index (Phi) is 4.39. The van der Waals surface area contributed by atoms with Gasteiger partial charge in [-0.1, -0.05) is 0 Å². The number of nitrogens with zero attached hydrogens (tertiary/aromatic N) is 1. The van der Waals surface area contributed by atoms with E-state index in [4.69, 9.17) is 0 Å². The van der Waals surface area contributed by atoms with Gasteiger partial charge in [0.15, 0.2) is 0 Å². The molecule has 0 aromatic carbocycles. The maximum Gasteiger partial charge on any atom is 0.475 e. The number of likely N-dealkylation sites (tertiary alicyclic amines) is 1. The Balaban J connectivity index is 1.78. The Hall–Kier alpha value is -0.625. The molecule has 2 atom stereocenters. The molecule has 4 N–H and O–H groups in total. The molecule has 7 heteroatoms. The highest BCUT2D eigenvalue weighted by molar-refractivity contribution is 6.43. The van der Waals surface area contributed by atoms with Crippen LogP contribution in [0, 0.1) is 0 Å². The lowest BCUT2D eigenvalue weighted by molar-refractivity contribution is -0.130. The number of hydrogen-bond donors (Lipinski definition) is 4. The van der Waals surface area contributed by atoms with Gasteiger partial charge >= 0.3 is 7.12 Å². The summed E-state index contributed by atoms with van der Waals surface area (Å²) in [7, 11) is -1.42. The van der Waals surface area contributed by atoms with Crippen LogP contribution in [0.5, 0.6) is 0 Å². The van der Waals surface area contributed by atoms with Crippen molar-refractivity contribution in [2.24, 2.45) is 0 Å². The van der Waals surface area contributed by atoms with Gasteiger partial charge in [0.05, 0.1) is 12.5 Å². The van der Waals surface area contributed by atoms with Crippen molar-refractivity contribution in [2.45, 2.75) is 31.2 Å². The van der Waals surface area contributed by atoms with Gasteiger partial charge in [0, 0.05) is 19.1 Å². The van der Waals surface area contributed by atoms with E-state index in [0.717, 1.165) is 25.9 Å². The van der Waals surface area contributed by atoms with Gasteiger partial charge in [0.1, 0.15) is 0 Å². The standard InChI is InChI=1S/C10H20BN3O3/c15-10(7-13-8-3-4-12-6-8)14-5-1-2-9(14)11(16)17/h8-9,12-13,16-17H,1-7H2/t8?,9-/m0/s1. The van der Waals surface area contributed by atoms with Crippen LogP contribution in [-0.2, 0) is 4.79 Å². The lowest BCUT2D eigenvalue weighted by Crippen LogP contribution is -2.49. The quantitative estimate of drug-likeness (QED) is 0.425. The molecule has 0 radical (unpaired) electrons. The van der Waals surface area contributed by atoms with Gasteiger partial charge in [0.2, 0.25) is 5.91 Å². The Morgan fingerprint density at radius 3 is 2.94 bits per heavy atom. The Morgan fingerprint density at radius 2 is 2.29 bits per heavy atom. The number of nitrogens with one attached hydrogen (secondary N) is 2. The number of amides is 1. The molecule has 96 valence electrons. The number of carbonyl (C=O) groups is 1.